The molecule has 3 heteroatoms. The molecule has 0 amide bonds. The second kappa shape index (κ2) is 4.77. The summed E-state index contributed by atoms with van der Waals surface area (Å²) in [6, 6.07) is 9.01. The Morgan fingerprint density at radius 1 is 1.24 bits per heavy atom. The zero-order valence-corrected chi connectivity index (χ0v) is 10.1. The van der Waals surface area contributed by atoms with Gasteiger partial charge in [0.25, 0.3) is 0 Å². The molecule has 2 heterocycles. The molecular formula is C14H20N2O. The number of aliphatic hydroxyl groups excluding tert-OH is 1. The van der Waals surface area contributed by atoms with Crippen molar-refractivity contribution in [1.29, 1.82) is 0 Å². The van der Waals surface area contributed by atoms with E-state index in [1.165, 1.54) is 11.1 Å². The predicted octanol–water partition coefficient (Wildman–Crippen LogP) is 0.767. The molecule has 2 aliphatic rings. The minimum Gasteiger partial charge on any atom is -0.390 e. The molecule has 1 saturated heterocycles. The number of nitrogens with one attached hydrogen (secondary N) is 1. The Bertz CT molecular complexity index is 394. The van der Waals surface area contributed by atoms with E-state index in [-0.39, 0.29) is 6.10 Å². The largest absolute Gasteiger partial charge is 0.390 e. The van der Waals surface area contributed by atoms with E-state index in [1.807, 2.05) is 0 Å². The third-order valence-corrected chi connectivity index (χ3v) is 4.04. The summed E-state index contributed by atoms with van der Waals surface area (Å²) in [6.07, 6.45) is 1.96. The van der Waals surface area contributed by atoms with Crippen molar-refractivity contribution in [3.8, 4) is 0 Å². The monoisotopic (exact) mass is 232 g/mol. The topological polar surface area (TPSA) is 35.5 Å². The van der Waals surface area contributed by atoms with Gasteiger partial charge in [-0.2, -0.15) is 0 Å². The van der Waals surface area contributed by atoms with Crippen LogP contribution in [0.2, 0.25) is 0 Å². The SMILES string of the molecule is O[C@H]1CNCC[C@@H]1N1CCc2ccccc2C1. The van der Waals surface area contributed by atoms with Gasteiger partial charge in [-0.25, -0.2) is 0 Å². The number of hydrogen-bond donors (Lipinski definition) is 2. The quantitative estimate of drug-likeness (QED) is 0.750. The number of hydrogen-bond acceptors (Lipinski definition) is 3. The van der Waals surface area contributed by atoms with Crippen LogP contribution in [0.3, 0.4) is 0 Å². The first-order valence-electron chi connectivity index (χ1n) is 6.54. The summed E-state index contributed by atoms with van der Waals surface area (Å²) in [5.74, 6) is 0. The highest BCUT2D eigenvalue weighted by Gasteiger charge is 2.30. The lowest BCUT2D eigenvalue weighted by molar-refractivity contribution is 0.0220. The molecule has 1 aromatic rings. The van der Waals surface area contributed by atoms with E-state index in [0.717, 1.165) is 39.0 Å². The maximum atomic E-state index is 10.1. The lowest BCUT2D eigenvalue weighted by Gasteiger charge is -2.40. The highest BCUT2D eigenvalue weighted by Crippen LogP contribution is 2.23. The molecule has 92 valence electrons. The molecule has 2 N–H and O–H groups in total. The van der Waals surface area contributed by atoms with E-state index in [1.54, 1.807) is 0 Å². The highest BCUT2D eigenvalue weighted by atomic mass is 16.3. The third kappa shape index (κ3) is 2.23. The van der Waals surface area contributed by atoms with Crippen LogP contribution in [0.5, 0.6) is 0 Å². The molecule has 0 unspecified atom stereocenters. The number of benzene rings is 1. The Kier molecular flexibility index (Phi) is 3.14. The van der Waals surface area contributed by atoms with Gasteiger partial charge in [-0.05, 0) is 30.5 Å². The smallest absolute Gasteiger partial charge is 0.0820 e. The Hall–Kier alpha value is -0.900. The van der Waals surface area contributed by atoms with E-state index in [2.05, 4.69) is 34.5 Å². The first-order chi connectivity index (χ1) is 8.34. The van der Waals surface area contributed by atoms with E-state index < -0.39 is 0 Å². The molecule has 3 rings (SSSR count). The second-order valence-corrected chi connectivity index (χ2v) is 5.12. The molecule has 1 fully saturated rings. The van der Waals surface area contributed by atoms with E-state index in [0.29, 0.717) is 6.04 Å². The van der Waals surface area contributed by atoms with Crippen LogP contribution in [0.15, 0.2) is 24.3 Å². The van der Waals surface area contributed by atoms with Crippen molar-refractivity contribution < 1.29 is 5.11 Å². The molecule has 0 bridgehead atoms. The van der Waals surface area contributed by atoms with E-state index >= 15 is 0 Å². The molecule has 0 aromatic heterocycles. The van der Waals surface area contributed by atoms with Crippen LogP contribution in [0.4, 0.5) is 0 Å². The average molecular weight is 232 g/mol. The maximum absolute atomic E-state index is 10.1. The van der Waals surface area contributed by atoms with Crippen molar-refractivity contribution in [3.63, 3.8) is 0 Å². The molecule has 17 heavy (non-hydrogen) atoms. The minimum absolute atomic E-state index is 0.214. The van der Waals surface area contributed by atoms with E-state index in [9.17, 15) is 5.11 Å². The number of nitrogens with zero attached hydrogens (tertiary/aromatic N) is 1. The molecule has 0 radical (unpaired) electrons. The molecule has 2 atom stereocenters. The van der Waals surface area contributed by atoms with Crippen LogP contribution in [0, 0.1) is 0 Å². The van der Waals surface area contributed by atoms with Crippen LogP contribution in [-0.4, -0.2) is 41.8 Å². The summed E-state index contributed by atoms with van der Waals surface area (Å²) in [5.41, 5.74) is 2.91. The van der Waals surface area contributed by atoms with Gasteiger partial charge >= 0.3 is 0 Å². The second-order valence-electron chi connectivity index (χ2n) is 5.12. The summed E-state index contributed by atoms with van der Waals surface area (Å²) >= 11 is 0. The summed E-state index contributed by atoms with van der Waals surface area (Å²) in [5, 5.41) is 13.3. The van der Waals surface area contributed by atoms with Crippen LogP contribution in [0.25, 0.3) is 0 Å². The molecule has 0 spiro atoms. The van der Waals surface area contributed by atoms with Crippen LogP contribution in [0.1, 0.15) is 17.5 Å². The van der Waals surface area contributed by atoms with Crippen molar-refractivity contribution in [2.45, 2.75) is 31.5 Å². The van der Waals surface area contributed by atoms with Crippen LogP contribution < -0.4 is 5.32 Å². The fraction of sp³-hybridized carbons (Fsp3) is 0.571. The first-order valence-corrected chi connectivity index (χ1v) is 6.54. The molecular weight excluding hydrogens is 212 g/mol. The normalized spacial score (nSPS) is 29.9. The number of aliphatic hydroxyl groups is 1. The molecule has 0 aliphatic carbocycles. The average Bonchev–Trinajstić information content (AvgIpc) is 2.39. The summed E-state index contributed by atoms with van der Waals surface area (Å²) in [4.78, 5) is 2.45. The maximum Gasteiger partial charge on any atom is 0.0820 e. The lowest BCUT2D eigenvalue weighted by atomic mass is 9.95. The zero-order chi connectivity index (χ0) is 11.7. The number of rotatable bonds is 1. The number of fused-ring (bicyclic) bond motifs is 1. The summed E-state index contributed by atoms with van der Waals surface area (Å²) < 4.78 is 0. The van der Waals surface area contributed by atoms with E-state index in [4.69, 9.17) is 0 Å². The van der Waals surface area contributed by atoms with Gasteiger partial charge < -0.3 is 10.4 Å². The van der Waals surface area contributed by atoms with Gasteiger partial charge in [-0.15, -0.1) is 0 Å². The van der Waals surface area contributed by atoms with Crippen LogP contribution >= 0.6 is 0 Å². The van der Waals surface area contributed by atoms with Gasteiger partial charge in [0.1, 0.15) is 0 Å². The third-order valence-electron chi connectivity index (χ3n) is 4.04. The van der Waals surface area contributed by atoms with Crippen molar-refractivity contribution in [3.05, 3.63) is 35.4 Å². The van der Waals surface area contributed by atoms with Crippen LogP contribution in [-0.2, 0) is 13.0 Å². The number of β-amino-alcohol motifs (C(OH)–C–C–N with tert-alkyl or cyclic N) is 1. The zero-order valence-electron chi connectivity index (χ0n) is 10.1. The fourth-order valence-electron chi connectivity index (χ4n) is 3.05. The Morgan fingerprint density at radius 2 is 2.06 bits per heavy atom. The van der Waals surface area contributed by atoms with Gasteiger partial charge in [0, 0.05) is 25.7 Å². The van der Waals surface area contributed by atoms with Gasteiger partial charge in [-0.1, -0.05) is 24.3 Å². The van der Waals surface area contributed by atoms with Gasteiger partial charge in [0.05, 0.1) is 6.10 Å². The van der Waals surface area contributed by atoms with Gasteiger partial charge in [0.2, 0.25) is 0 Å². The fourth-order valence-corrected chi connectivity index (χ4v) is 3.05. The molecule has 2 aliphatic heterocycles. The van der Waals surface area contributed by atoms with Crippen molar-refractivity contribution in [2.24, 2.45) is 0 Å². The lowest BCUT2D eigenvalue weighted by Crippen LogP contribution is -2.53. The summed E-state index contributed by atoms with van der Waals surface area (Å²) in [7, 11) is 0. The minimum atomic E-state index is -0.214. The van der Waals surface area contributed by atoms with Gasteiger partial charge in [0.15, 0.2) is 0 Å². The van der Waals surface area contributed by atoms with Crippen molar-refractivity contribution in [2.75, 3.05) is 19.6 Å². The highest BCUT2D eigenvalue weighted by molar-refractivity contribution is 5.29. The summed E-state index contributed by atoms with van der Waals surface area (Å²) in [6.45, 7) is 3.85. The van der Waals surface area contributed by atoms with Crippen molar-refractivity contribution in [1.82, 2.24) is 10.2 Å². The Morgan fingerprint density at radius 3 is 2.88 bits per heavy atom. The molecule has 1 aromatic carbocycles. The number of piperidine rings is 1. The molecule has 3 nitrogen and oxygen atoms in total. The van der Waals surface area contributed by atoms with Gasteiger partial charge in [-0.3, -0.25) is 4.90 Å². The Balaban J connectivity index is 1.75. The van der Waals surface area contributed by atoms with Crippen molar-refractivity contribution >= 4 is 0 Å². The first kappa shape index (κ1) is 11.2. The standard InChI is InChI=1S/C14H20N2O/c17-14-9-15-7-5-13(14)16-8-6-11-3-1-2-4-12(11)10-16/h1-4,13-15,17H,5-10H2/t13-,14-/m0/s1. The Labute approximate surface area is 102 Å². The molecule has 0 saturated carbocycles. The predicted molar refractivity (Wildman–Crippen MR) is 67.8 cm³/mol.